The molecule has 0 fully saturated rings. The van der Waals surface area contributed by atoms with Gasteiger partial charge in [0.05, 0.1) is 17.4 Å². The fourth-order valence-electron chi connectivity index (χ4n) is 2.45. The Balaban J connectivity index is 1.65. The fraction of sp³-hybridized carbons (Fsp3) is 0.211. The lowest BCUT2D eigenvalue weighted by molar-refractivity contribution is -0.137. The van der Waals surface area contributed by atoms with Gasteiger partial charge in [-0.15, -0.1) is 5.10 Å². The number of aromatic nitrogens is 3. The maximum absolute atomic E-state index is 12.6. The molecule has 2 aromatic carbocycles. The van der Waals surface area contributed by atoms with E-state index in [2.05, 4.69) is 15.6 Å². The van der Waals surface area contributed by atoms with E-state index in [-0.39, 0.29) is 12.2 Å². The van der Waals surface area contributed by atoms with Gasteiger partial charge in [0.1, 0.15) is 0 Å². The second kappa shape index (κ2) is 7.22. The molecule has 0 saturated heterocycles. The average molecular weight is 374 g/mol. The van der Waals surface area contributed by atoms with Gasteiger partial charge < -0.3 is 5.32 Å². The third-order valence-electron chi connectivity index (χ3n) is 4.22. The van der Waals surface area contributed by atoms with Gasteiger partial charge in [0.2, 0.25) is 0 Å². The number of halogens is 3. The van der Waals surface area contributed by atoms with Gasteiger partial charge in [0, 0.05) is 6.54 Å². The molecule has 0 bridgehead atoms. The standard InChI is InChI=1S/C19H17F3N4O/c1-12-3-8-16(9-13(12)2)26-11-17(24-25-26)18(27)23-10-14-4-6-15(7-5-14)19(20,21)22/h3-9,11H,10H2,1-2H3,(H,23,27). The molecule has 0 aliphatic heterocycles. The van der Waals surface area contributed by atoms with Crippen LogP contribution in [0.4, 0.5) is 13.2 Å². The van der Waals surface area contributed by atoms with Crippen LogP contribution in [0.3, 0.4) is 0 Å². The van der Waals surface area contributed by atoms with Crippen molar-refractivity contribution >= 4 is 5.91 Å². The highest BCUT2D eigenvalue weighted by molar-refractivity contribution is 5.91. The summed E-state index contributed by atoms with van der Waals surface area (Å²) in [6.45, 7) is 4.07. The maximum Gasteiger partial charge on any atom is 0.416 e. The molecular formula is C19H17F3N4O. The van der Waals surface area contributed by atoms with Crippen LogP contribution in [-0.2, 0) is 12.7 Å². The third-order valence-corrected chi connectivity index (χ3v) is 4.22. The molecule has 140 valence electrons. The van der Waals surface area contributed by atoms with E-state index in [1.807, 2.05) is 32.0 Å². The van der Waals surface area contributed by atoms with E-state index in [4.69, 9.17) is 0 Å². The number of aryl methyl sites for hydroxylation is 2. The quantitative estimate of drug-likeness (QED) is 0.755. The molecule has 3 rings (SSSR count). The van der Waals surface area contributed by atoms with E-state index in [1.165, 1.54) is 23.0 Å². The predicted molar refractivity (Wildman–Crippen MR) is 93.4 cm³/mol. The molecular weight excluding hydrogens is 357 g/mol. The number of nitrogens with zero attached hydrogens (tertiary/aromatic N) is 3. The first-order chi connectivity index (χ1) is 12.7. The van der Waals surface area contributed by atoms with Crippen molar-refractivity contribution in [2.45, 2.75) is 26.6 Å². The van der Waals surface area contributed by atoms with Crippen molar-refractivity contribution in [2.24, 2.45) is 0 Å². The highest BCUT2D eigenvalue weighted by Gasteiger charge is 2.29. The molecule has 0 unspecified atom stereocenters. The van der Waals surface area contributed by atoms with E-state index < -0.39 is 17.6 Å². The van der Waals surface area contributed by atoms with Gasteiger partial charge in [-0.25, -0.2) is 4.68 Å². The van der Waals surface area contributed by atoms with Crippen molar-refractivity contribution in [3.8, 4) is 5.69 Å². The van der Waals surface area contributed by atoms with Gasteiger partial charge >= 0.3 is 6.18 Å². The Bertz CT molecular complexity index is 962. The van der Waals surface area contributed by atoms with Gasteiger partial charge in [-0.2, -0.15) is 13.2 Å². The van der Waals surface area contributed by atoms with E-state index in [1.54, 1.807) is 0 Å². The molecule has 1 amide bonds. The number of alkyl halides is 3. The molecule has 5 nitrogen and oxygen atoms in total. The summed E-state index contributed by atoms with van der Waals surface area (Å²) in [4.78, 5) is 12.2. The molecule has 0 saturated carbocycles. The fourth-order valence-corrected chi connectivity index (χ4v) is 2.45. The minimum Gasteiger partial charge on any atom is -0.347 e. The number of carbonyl (C=O) groups is 1. The molecule has 0 atom stereocenters. The third kappa shape index (κ3) is 4.33. The molecule has 1 N–H and O–H groups in total. The molecule has 0 aliphatic carbocycles. The SMILES string of the molecule is Cc1ccc(-n2cc(C(=O)NCc3ccc(C(F)(F)F)cc3)nn2)cc1C. The Morgan fingerprint density at radius 1 is 1.07 bits per heavy atom. The van der Waals surface area contributed by atoms with Gasteiger partial charge in [0.25, 0.3) is 5.91 Å². The summed E-state index contributed by atoms with van der Waals surface area (Å²) in [7, 11) is 0. The van der Waals surface area contributed by atoms with Crippen molar-refractivity contribution in [1.82, 2.24) is 20.3 Å². The zero-order valence-electron chi connectivity index (χ0n) is 14.7. The first kappa shape index (κ1) is 18.6. The van der Waals surface area contributed by atoms with E-state index in [0.717, 1.165) is 28.9 Å². The zero-order chi connectivity index (χ0) is 19.6. The van der Waals surface area contributed by atoms with Crippen LogP contribution in [0.1, 0.15) is 32.7 Å². The van der Waals surface area contributed by atoms with Crippen molar-refractivity contribution in [3.63, 3.8) is 0 Å². The van der Waals surface area contributed by atoms with Crippen LogP contribution in [0.15, 0.2) is 48.7 Å². The lowest BCUT2D eigenvalue weighted by Crippen LogP contribution is -2.23. The molecule has 3 aromatic rings. The van der Waals surface area contributed by atoms with Crippen molar-refractivity contribution in [3.05, 3.63) is 76.6 Å². The first-order valence-corrected chi connectivity index (χ1v) is 8.18. The molecule has 0 aliphatic rings. The number of nitrogens with one attached hydrogen (secondary N) is 1. The Hall–Kier alpha value is -3.16. The smallest absolute Gasteiger partial charge is 0.347 e. The summed E-state index contributed by atoms with van der Waals surface area (Å²) in [6.07, 6.45) is -2.87. The van der Waals surface area contributed by atoms with Crippen molar-refractivity contribution in [2.75, 3.05) is 0 Å². The molecule has 27 heavy (non-hydrogen) atoms. The highest BCUT2D eigenvalue weighted by Crippen LogP contribution is 2.29. The highest BCUT2D eigenvalue weighted by atomic mass is 19.4. The minimum atomic E-state index is -4.38. The lowest BCUT2D eigenvalue weighted by Gasteiger charge is -2.08. The van der Waals surface area contributed by atoms with Gasteiger partial charge in [0.15, 0.2) is 5.69 Å². The largest absolute Gasteiger partial charge is 0.416 e. The number of carbonyl (C=O) groups excluding carboxylic acids is 1. The van der Waals surface area contributed by atoms with Crippen LogP contribution < -0.4 is 5.32 Å². The summed E-state index contributed by atoms with van der Waals surface area (Å²) >= 11 is 0. The number of hydrogen-bond donors (Lipinski definition) is 1. The van der Waals surface area contributed by atoms with Crippen molar-refractivity contribution < 1.29 is 18.0 Å². The number of rotatable bonds is 4. The molecule has 8 heteroatoms. The van der Waals surface area contributed by atoms with E-state index in [0.29, 0.717) is 5.56 Å². The second-order valence-electron chi connectivity index (χ2n) is 6.19. The van der Waals surface area contributed by atoms with Crippen LogP contribution in [0.5, 0.6) is 0 Å². The average Bonchev–Trinajstić information content (AvgIpc) is 3.12. The van der Waals surface area contributed by atoms with E-state index >= 15 is 0 Å². The second-order valence-corrected chi connectivity index (χ2v) is 6.19. The van der Waals surface area contributed by atoms with Crippen LogP contribution in [0.2, 0.25) is 0 Å². The molecule has 0 radical (unpaired) electrons. The van der Waals surface area contributed by atoms with E-state index in [9.17, 15) is 18.0 Å². The van der Waals surface area contributed by atoms with Gasteiger partial charge in [-0.05, 0) is 54.8 Å². The summed E-state index contributed by atoms with van der Waals surface area (Å²) in [6, 6.07) is 10.4. The number of amides is 1. The van der Waals surface area contributed by atoms with Crippen molar-refractivity contribution in [1.29, 1.82) is 0 Å². The van der Waals surface area contributed by atoms with Crippen LogP contribution >= 0.6 is 0 Å². The zero-order valence-corrected chi connectivity index (χ0v) is 14.7. The summed E-state index contributed by atoms with van der Waals surface area (Å²) in [5.74, 6) is -0.454. The maximum atomic E-state index is 12.6. The van der Waals surface area contributed by atoms with Gasteiger partial charge in [-0.1, -0.05) is 23.4 Å². The Kier molecular flexibility index (Phi) is 4.98. The monoisotopic (exact) mass is 374 g/mol. The lowest BCUT2D eigenvalue weighted by atomic mass is 10.1. The van der Waals surface area contributed by atoms with Gasteiger partial charge in [-0.3, -0.25) is 4.79 Å². The first-order valence-electron chi connectivity index (χ1n) is 8.18. The Morgan fingerprint density at radius 3 is 2.41 bits per heavy atom. The molecule has 0 spiro atoms. The van der Waals surface area contributed by atoms with Crippen LogP contribution in [-0.4, -0.2) is 20.9 Å². The number of benzene rings is 2. The summed E-state index contributed by atoms with van der Waals surface area (Å²) < 4.78 is 39.2. The Labute approximate surface area is 153 Å². The molecule has 1 aromatic heterocycles. The Morgan fingerprint density at radius 2 is 1.78 bits per heavy atom. The van der Waals surface area contributed by atoms with Crippen LogP contribution in [0, 0.1) is 13.8 Å². The molecule has 1 heterocycles. The summed E-state index contributed by atoms with van der Waals surface area (Å²) in [5, 5.41) is 10.4. The normalized spacial score (nSPS) is 11.4. The number of hydrogen-bond acceptors (Lipinski definition) is 3. The minimum absolute atomic E-state index is 0.0907. The van der Waals surface area contributed by atoms with Crippen LogP contribution in [0.25, 0.3) is 5.69 Å². The summed E-state index contributed by atoms with van der Waals surface area (Å²) in [5.41, 5.74) is 2.98. The topological polar surface area (TPSA) is 59.8 Å². The predicted octanol–water partition coefficient (Wildman–Crippen LogP) is 3.83.